The maximum atomic E-state index is 14.0. The maximum absolute atomic E-state index is 14.0. The second kappa shape index (κ2) is 7.40. The van der Waals surface area contributed by atoms with Gasteiger partial charge >= 0.3 is 0 Å². The van der Waals surface area contributed by atoms with Gasteiger partial charge in [0.1, 0.15) is 11.6 Å². The average molecular weight is 343 g/mol. The zero-order valence-electron chi connectivity index (χ0n) is 12.8. The lowest BCUT2D eigenvalue weighted by molar-refractivity contribution is 0.626. The second-order valence-electron chi connectivity index (χ2n) is 5.10. The largest absolute Gasteiger partial charge is 0.298 e. The first-order valence-corrected chi connectivity index (χ1v) is 8.34. The summed E-state index contributed by atoms with van der Waals surface area (Å²) >= 11 is 1.42. The average Bonchev–Trinajstić information content (AvgIpc) is 2.97. The zero-order valence-corrected chi connectivity index (χ0v) is 13.6. The number of thioether (sulfide) groups is 1. The van der Waals surface area contributed by atoms with Gasteiger partial charge < -0.3 is 0 Å². The number of rotatable bonds is 6. The van der Waals surface area contributed by atoms with Crippen LogP contribution in [0.25, 0.3) is 11.4 Å². The van der Waals surface area contributed by atoms with Gasteiger partial charge in [-0.25, -0.2) is 8.78 Å². The van der Waals surface area contributed by atoms with Gasteiger partial charge in [0.05, 0.1) is 5.56 Å². The number of nitrogens with zero attached hydrogens (tertiary/aromatic N) is 3. The molecule has 0 fully saturated rings. The zero-order chi connectivity index (χ0) is 16.9. The molecule has 0 saturated heterocycles. The molecule has 2 aromatic carbocycles. The van der Waals surface area contributed by atoms with E-state index in [4.69, 9.17) is 0 Å². The number of aromatic nitrogens is 3. The molecule has 122 valence electrons. The van der Waals surface area contributed by atoms with Gasteiger partial charge in [0.2, 0.25) is 0 Å². The monoisotopic (exact) mass is 343 g/mol. The van der Waals surface area contributed by atoms with Gasteiger partial charge in [0.25, 0.3) is 0 Å². The lowest BCUT2D eigenvalue weighted by Crippen LogP contribution is -2.01. The summed E-state index contributed by atoms with van der Waals surface area (Å²) in [6.45, 7) is 4.20. The minimum atomic E-state index is -0.350. The van der Waals surface area contributed by atoms with E-state index >= 15 is 0 Å². The normalized spacial score (nSPS) is 10.8. The van der Waals surface area contributed by atoms with E-state index in [1.165, 1.54) is 30.0 Å². The highest BCUT2D eigenvalue weighted by Gasteiger charge is 2.16. The van der Waals surface area contributed by atoms with Crippen molar-refractivity contribution in [2.75, 3.05) is 0 Å². The Morgan fingerprint density at radius 1 is 1.08 bits per heavy atom. The topological polar surface area (TPSA) is 30.7 Å². The minimum Gasteiger partial charge on any atom is -0.298 e. The van der Waals surface area contributed by atoms with Gasteiger partial charge in [0.15, 0.2) is 11.0 Å². The standard InChI is InChI=1S/C18H15F2N3S/c1-2-10-23-17(15-8-3-4-9-16(15)20)21-22-18(23)24-12-13-6-5-7-14(19)11-13/h2-9,11H,1,10,12H2. The fourth-order valence-electron chi connectivity index (χ4n) is 2.31. The Labute approximate surface area is 143 Å². The molecular formula is C18H15F2N3S. The molecule has 0 N–H and O–H groups in total. The molecule has 3 aromatic rings. The molecule has 0 spiro atoms. The van der Waals surface area contributed by atoms with Crippen LogP contribution < -0.4 is 0 Å². The predicted octanol–water partition coefficient (Wildman–Crippen LogP) is 4.70. The Bertz CT molecular complexity index is 861. The molecule has 0 aliphatic rings. The summed E-state index contributed by atoms with van der Waals surface area (Å²) in [7, 11) is 0. The quantitative estimate of drug-likeness (QED) is 0.480. The Hall–Kier alpha value is -2.47. The molecule has 0 atom stereocenters. The van der Waals surface area contributed by atoms with E-state index < -0.39 is 0 Å². The summed E-state index contributed by atoms with van der Waals surface area (Å²) in [5.74, 6) is 0.379. The molecule has 0 amide bonds. The second-order valence-corrected chi connectivity index (χ2v) is 6.05. The Balaban J connectivity index is 1.89. The lowest BCUT2D eigenvalue weighted by Gasteiger charge is -2.08. The number of allylic oxidation sites excluding steroid dienone is 1. The van der Waals surface area contributed by atoms with Crippen LogP contribution in [0.2, 0.25) is 0 Å². The molecule has 0 saturated carbocycles. The molecule has 24 heavy (non-hydrogen) atoms. The summed E-state index contributed by atoms with van der Waals surface area (Å²) in [6.07, 6.45) is 1.71. The fourth-order valence-corrected chi connectivity index (χ4v) is 3.20. The van der Waals surface area contributed by atoms with E-state index in [2.05, 4.69) is 16.8 Å². The molecule has 3 nitrogen and oxygen atoms in total. The van der Waals surface area contributed by atoms with Crippen LogP contribution in [0.15, 0.2) is 66.3 Å². The molecule has 3 rings (SSSR count). The molecule has 6 heteroatoms. The van der Waals surface area contributed by atoms with E-state index in [0.29, 0.717) is 28.8 Å². The lowest BCUT2D eigenvalue weighted by atomic mass is 10.2. The van der Waals surface area contributed by atoms with Gasteiger partial charge in [-0.3, -0.25) is 4.57 Å². The van der Waals surface area contributed by atoms with Crippen LogP contribution >= 0.6 is 11.8 Å². The third-order valence-corrected chi connectivity index (χ3v) is 4.44. The van der Waals surface area contributed by atoms with E-state index in [-0.39, 0.29) is 11.6 Å². The Morgan fingerprint density at radius 2 is 1.92 bits per heavy atom. The third kappa shape index (κ3) is 3.54. The van der Waals surface area contributed by atoms with Crippen molar-refractivity contribution in [3.8, 4) is 11.4 Å². The van der Waals surface area contributed by atoms with Crippen LogP contribution in [-0.4, -0.2) is 14.8 Å². The van der Waals surface area contributed by atoms with Crippen molar-refractivity contribution >= 4 is 11.8 Å². The first-order valence-electron chi connectivity index (χ1n) is 7.35. The molecule has 0 aliphatic carbocycles. The molecule has 0 radical (unpaired) electrons. The summed E-state index contributed by atoms with van der Waals surface area (Å²) in [5, 5.41) is 8.92. The van der Waals surface area contributed by atoms with Crippen molar-refractivity contribution < 1.29 is 8.78 Å². The van der Waals surface area contributed by atoms with Crippen molar-refractivity contribution in [1.82, 2.24) is 14.8 Å². The van der Waals surface area contributed by atoms with Gasteiger partial charge in [0, 0.05) is 12.3 Å². The highest BCUT2D eigenvalue weighted by Crippen LogP contribution is 2.27. The van der Waals surface area contributed by atoms with Gasteiger partial charge in [-0.05, 0) is 29.8 Å². The first-order chi connectivity index (χ1) is 11.7. The number of halogens is 2. The Morgan fingerprint density at radius 3 is 2.67 bits per heavy atom. The summed E-state index contributed by atoms with van der Waals surface area (Å²) in [4.78, 5) is 0. The van der Waals surface area contributed by atoms with Crippen molar-refractivity contribution in [3.63, 3.8) is 0 Å². The molecule has 0 aliphatic heterocycles. The SMILES string of the molecule is C=CCn1c(SCc2cccc(F)c2)nnc1-c1ccccc1F. The van der Waals surface area contributed by atoms with E-state index in [0.717, 1.165) is 5.56 Å². The number of hydrogen-bond donors (Lipinski definition) is 0. The third-order valence-electron chi connectivity index (χ3n) is 3.40. The summed E-state index contributed by atoms with van der Waals surface area (Å²) in [6, 6.07) is 12.9. The van der Waals surface area contributed by atoms with Crippen molar-refractivity contribution in [1.29, 1.82) is 0 Å². The predicted molar refractivity (Wildman–Crippen MR) is 91.6 cm³/mol. The number of hydrogen-bond acceptors (Lipinski definition) is 3. The van der Waals surface area contributed by atoms with Crippen LogP contribution in [0.5, 0.6) is 0 Å². The minimum absolute atomic E-state index is 0.271. The van der Waals surface area contributed by atoms with Crippen molar-refractivity contribution in [2.24, 2.45) is 0 Å². The molecule has 1 heterocycles. The van der Waals surface area contributed by atoms with E-state index in [1.54, 1.807) is 34.9 Å². The van der Waals surface area contributed by atoms with Gasteiger partial charge in [-0.15, -0.1) is 16.8 Å². The Kier molecular flexibility index (Phi) is 5.05. The number of benzene rings is 2. The smallest absolute Gasteiger partial charge is 0.192 e. The molecular weight excluding hydrogens is 328 g/mol. The van der Waals surface area contributed by atoms with Crippen LogP contribution in [0, 0.1) is 11.6 Å². The van der Waals surface area contributed by atoms with E-state index in [1.807, 2.05) is 6.07 Å². The van der Waals surface area contributed by atoms with Crippen LogP contribution in [-0.2, 0) is 12.3 Å². The van der Waals surface area contributed by atoms with Crippen LogP contribution in [0.1, 0.15) is 5.56 Å². The summed E-state index contributed by atoms with van der Waals surface area (Å²) < 4.78 is 29.1. The highest BCUT2D eigenvalue weighted by atomic mass is 32.2. The van der Waals surface area contributed by atoms with Crippen LogP contribution in [0.3, 0.4) is 0 Å². The molecule has 1 aromatic heterocycles. The van der Waals surface area contributed by atoms with Crippen LogP contribution in [0.4, 0.5) is 8.78 Å². The summed E-state index contributed by atoms with van der Waals surface area (Å²) in [5.41, 5.74) is 1.24. The van der Waals surface area contributed by atoms with Gasteiger partial charge in [-0.2, -0.15) is 0 Å². The molecule has 0 bridgehead atoms. The van der Waals surface area contributed by atoms with E-state index in [9.17, 15) is 8.78 Å². The van der Waals surface area contributed by atoms with Gasteiger partial charge in [-0.1, -0.05) is 42.1 Å². The van der Waals surface area contributed by atoms with Crippen molar-refractivity contribution in [2.45, 2.75) is 17.5 Å². The maximum Gasteiger partial charge on any atom is 0.192 e. The first kappa shape index (κ1) is 16.4. The molecule has 0 unspecified atom stereocenters. The van der Waals surface area contributed by atoms with Crippen molar-refractivity contribution in [3.05, 3.63) is 78.4 Å². The highest BCUT2D eigenvalue weighted by molar-refractivity contribution is 7.98. The fraction of sp³-hybridized carbons (Fsp3) is 0.111.